The molecule has 0 unspecified atom stereocenters. The van der Waals surface area contributed by atoms with Crippen LogP contribution in [0.15, 0.2) is 35.3 Å². The Labute approximate surface area is 710 Å². The molecule has 3 rings (SSSR count). The van der Waals surface area contributed by atoms with Gasteiger partial charge in [0.1, 0.15) is 78.5 Å². The van der Waals surface area contributed by atoms with Gasteiger partial charge in [0.05, 0.1) is 32.2 Å². The van der Waals surface area contributed by atoms with Crippen molar-refractivity contribution in [1.29, 1.82) is 0 Å². The van der Waals surface area contributed by atoms with Gasteiger partial charge in [0.15, 0.2) is 5.96 Å². The molecular formula is C77H130N22O19S2. The Morgan fingerprint density at radius 1 is 0.542 bits per heavy atom. The van der Waals surface area contributed by atoms with E-state index in [4.69, 9.17) is 28.7 Å². The summed E-state index contributed by atoms with van der Waals surface area (Å²) in [5, 5.41) is 59.3. The molecule has 16 amide bonds. The Hall–Kier alpha value is -9.98. The van der Waals surface area contributed by atoms with Crippen LogP contribution in [-0.2, 0) is 87.9 Å². The molecule has 15 atom stereocenters. The number of carboxylic acid groups (broad SMARTS) is 1. The molecule has 0 radical (unpaired) electrons. The fourth-order valence-electron chi connectivity index (χ4n) is 13.1. The van der Waals surface area contributed by atoms with Gasteiger partial charge in [-0.2, -0.15) is 24.4 Å². The number of nitrogens with two attached hydrogens (primary N) is 5. The number of likely N-dealkylation sites (tertiary alicyclic amines) is 1. The zero-order valence-electron chi connectivity index (χ0n) is 70.0. The van der Waals surface area contributed by atoms with Crippen LogP contribution in [0, 0.1) is 17.8 Å². The van der Waals surface area contributed by atoms with E-state index in [1.807, 2.05) is 0 Å². The van der Waals surface area contributed by atoms with Crippen molar-refractivity contribution in [2.45, 2.75) is 249 Å². The molecule has 43 heteroatoms. The van der Waals surface area contributed by atoms with E-state index in [9.17, 15) is 91.7 Å². The summed E-state index contributed by atoms with van der Waals surface area (Å²) in [5.74, 6) is -16.2. The number of carbonyl (C=O) groups excluding carboxylic acids is 16. The maximum Gasteiger partial charge on any atom is 0.326 e. The van der Waals surface area contributed by atoms with Crippen LogP contribution in [-0.4, -0.2) is 276 Å². The van der Waals surface area contributed by atoms with Crippen LogP contribution < -0.4 is 108 Å². The molecule has 2 fully saturated rings. The summed E-state index contributed by atoms with van der Waals surface area (Å²) in [4.78, 5) is 238. The van der Waals surface area contributed by atoms with Crippen LogP contribution in [0.25, 0.3) is 0 Å². The van der Waals surface area contributed by atoms with Crippen molar-refractivity contribution in [2.75, 3.05) is 70.2 Å². The number of hydrogen-bond acceptors (Lipinski definition) is 24. The number of nitrogens with zero attached hydrogens (tertiary/aromatic N) is 2. The standard InChI is InChI=1S/C77H130N22O19S2/c1-9-44(6)62(74(115)96-56(40-100)71(112)97-57(41-119)72(113)94-54(35-43(4)5)75(116)99-32-19-26-58(99)73(114)95-55(76(117)118)37-59(80)101)98-68(109)50(25-18-31-84-77(81)82)90-63(104)45(7)87-66(107)51(27-33-120-8)88-60(102)38-86-65(106)48(22-13-15-28-78)91-69(110)52(34-42(2)3)93-67(108)49(23-14-16-29-79)92-70(111)53(36-46-20-11-10-12-21-46)89-61(103)39-85-64(105)47-24-17-30-83-47/h10-12,20-21,42-45,47-58,62,83,100,119H,9,13-19,22-41,78-79H2,1-8H3,(H2,80,101)(H,85,105)(H,86,106)(H,87,107)(H,88,102)(H,89,103)(H,90,104)(H,91,110)(H,92,111)(H,93,108)(H,94,113)(H,95,114)(H,96,115)(H,97,112)(H,98,109)(H,117,118)(H4,81,82,84)/t44-,45-,47-,48-,49-,50-,51-,52-,53-,54-,55-,56-,57-,58-,62-/m0/s1. The number of thiol groups is 1. The van der Waals surface area contributed by atoms with E-state index < -0.39 is 211 Å². The molecule has 120 heavy (non-hydrogen) atoms. The van der Waals surface area contributed by atoms with Gasteiger partial charge in [-0.1, -0.05) is 78.3 Å². The normalized spacial score (nSPS) is 16.9. The Kier molecular flexibility index (Phi) is 48.4. The van der Waals surface area contributed by atoms with Crippen molar-refractivity contribution in [3.63, 3.8) is 0 Å². The molecule has 0 saturated carbocycles. The number of carboxylic acids is 1. The van der Waals surface area contributed by atoms with Crippen molar-refractivity contribution in [3.05, 3.63) is 35.9 Å². The van der Waals surface area contributed by atoms with E-state index in [1.165, 1.54) is 23.6 Å². The zero-order chi connectivity index (χ0) is 89.7. The van der Waals surface area contributed by atoms with Gasteiger partial charge in [0, 0.05) is 25.3 Å². The lowest BCUT2D eigenvalue weighted by Gasteiger charge is -2.31. The van der Waals surface area contributed by atoms with E-state index in [0.29, 0.717) is 56.4 Å². The highest BCUT2D eigenvalue weighted by Crippen LogP contribution is 2.22. The number of aliphatic carboxylic acids is 1. The highest BCUT2D eigenvalue weighted by Gasteiger charge is 2.42. The van der Waals surface area contributed by atoms with E-state index in [2.05, 4.69) is 97.4 Å². The fourth-order valence-corrected chi connectivity index (χ4v) is 13.8. The van der Waals surface area contributed by atoms with Gasteiger partial charge in [-0.05, 0) is 158 Å². The molecule has 2 heterocycles. The monoisotopic (exact) mass is 1730 g/mol. The summed E-state index contributed by atoms with van der Waals surface area (Å²) < 4.78 is 0. The number of rotatable bonds is 57. The van der Waals surface area contributed by atoms with Gasteiger partial charge in [-0.15, -0.1) is 0 Å². The summed E-state index contributed by atoms with van der Waals surface area (Å²) in [6, 6.07) is -9.73. The minimum Gasteiger partial charge on any atom is -0.480 e. The number of aliphatic imine (C=N–C) groups is 1. The first kappa shape index (κ1) is 104. The number of hydrogen-bond donors (Lipinski definition) is 23. The summed E-state index contributed by atoms with van der Waals surface area (Å²) in [5.41, 5.74) is 28.6. The second kappa shape index (κ2) is 55.8. The molecular weight excluding hydrogens is 1600 g/mol. The van der Waals surface area contributed by atoms with Crippen LogP contribution in [0.3, 0.4) is 0 Å². The molecule has 27 N–H and O–H groups in total. The van der Waals surface area contributed by atoms with Gasteiger partial charge >= 0.3 is 5.97 Å². The van der Waals surface area contributed by atoms with Crippen LogP contribution >= 0.6 is 24.4 Å². The molecule has 1 aromatic carbocycles. The number of aliphatic hydroxyl groups excluding tert-OH is 1. The number of benzene rings is 1. The van der Waals surface area contributed by atoms with Crippen molar-refractivity contribution in [2.24, 2.45) is 51.4 Å². The lowest BCUT2D eigenvalue weighted by atomic mass is 9.97. The third kappa shape index (κ3) is 38.2. The van der Waals surface area contributed by atoms with Crippen LogP contribution in [0.5, 0.6) is 0 Å². The third-order valence-electron chi connectivity index (χ3n) is 19.9. The lowest BCUT2D eigenvalue weighted by molar-refractivity contribution is -0.146. The van der Waals surface area contributed by atoms with Gasteiger partial charge in [-0.3, -0.25) is 81.7 Å². The van der Waals surface area contributed by atoms with E-state index >= 15 is 0 Å². The number of aliphatic hydroxyl groups is 1. The van der Waals surface area contributed by atoms with Crippen LogP contribution in [0.1, 0.15) is 163 Å². The molecule has 2 aliphatic heterocycles. The second-order valence-corrected chi connectivity index (χ2v) is 32.1. The van der Waals surface area contributed by atoms with E-state index in [1.54, 1.807) is 78.1 Å². The van der Waals surface area contributed by atoms with Crippen molar-refractivity contribution in [1.82, 2.24) is 84.7 Å². The number of thioether (sulfide) groups is 1. The summed E-state index contributed by atoms with van der Waals surface area (Å²) >= 11 is 5.57. The van der Waals surface area contributed by atoms with Crippen LogP contribution in [0.4, 0.5) is 0 Å². The molecule has 2 aliphatic rings. The lowest BCUT2D eigenvalue weighted by Crippen LogP contribution is -2.62. The predicted molar refractivity (Wildman–Crippen MR) is 450 cm³/mol. The predicted octanol–water partition coefficient (Wildman–Crippen LogP) is -5.87. The molecule has 674 valence electrons. The van der Waals surface area contributed by atoms with Gasteiger partial charge in [0.25, 0.3) is 0 Å². The zero-order valence-corrected chi connectivity index (χ0v) is 71.7. The van der Waals surface area contributed by atoms with Gasteiger partial charge in [-0.25, -0.2) is 4.79 Å². The Morgan fingerprint density at radius 2 is 1.04 bits per heavy atom. The van der Waals surface area contributed by atoms with E-state index in [0.717, 1.165) is 6.42 Å². The van der Waals surface area contributed by atoms with Gasteiger partial charge in [0.2, 0.25) is 94.5 Å². The largest absolute Gasteiger partial charge is 0.480 e. The quantitative estimate of drug-likeness (QED) is 0.0125. The SMILES string of the molecule is CC[C@H](C)[C@H](NC(=O)[C@H](CCCN=C(N)N)NC(=O)[C@H](C)NC(=O)[C@H](CCSC)NC(=O)CNC(=O)[C@H](CCCCN)NC(=O)[C@H](CC(C)C)NC(=O)[C@H](CCCCN)NC(=O)[C@H](Cc1ccccc1)NC(=O)CNC(=O)[C@@H]1CCCN1)C(=O)N[C@@H](CO)C(=O)N[C@@H](CS)C(=O)N[C@@H](CC(C)C)C(=O)N1CCC[C@H]1C(=O)N[C@@H](CC(N)=O)C(=O)O. The highest BCUT2D eigenvalue weighted by molar-refractivity contribution is 7.98. The average Bonchev–Trinajstić information content (AvgIpc) is 1.64. The first-order valence-corrected chi connectivity index (χ1v) is 42.9. The minimum absolute atomic E-state index is 0.0112. The summed E-state index contributed by atoms with van der Waals surface area (Å²) in [6.07, 6.45) is 4.87. The molecule has 0 aliphatic carbocycles. The first-order chi connectivity index (χ1) is 56.9. The van der Waals surface area contributed by atoms with Crippen LogP contribution in [0.2, 0.25) is 0 Å². The maximum atomic E-state index is 14.4. The smallest absolute Gasteiger partial charge is 0.326 e. The highest BCUT2D eigenvalue weighted by atomic mass is 32.2. The van der Waals surface area contributed by atoms with E-state index in [-0.39, 0.29) is 120 Å². The number of nitrogens with one attached hydrogen (secondary N) is 15. The van der Waals surface area contributed by atoms with Gasteiger partial charge < -0.3 is 124 Å². The fraction of sp³-hybridized carbons (Fsp3) is 0.688. The van der Waals surface area contributed by atoms with Crippen molar-refractivity contribution in [3.8, 4) is 0 Å². The Bertz CT molecular complexity index is 3600. The topological polar surface area (TPSA) is 657 Å². The molecule has 0 aromatic heterocycles. The maximum absolute atomic E-state index is 14.4. The first-order valence-electron chi connectivity index (χ1n) is 40.9. The summed E-state index contributed by atoms with van der Waals surface area (Å²) in [7, 11) is 0. The number of guanidine groups is 1. The van der Waals surface area contributed by atoms with Crippen molar-refractivity contribution >= 4 is 131 Å². The minimum atomic E-state index is -1.77. The average molecular weight is 1730 g/mol. The number of amides is 16. The molecule has 0 bridgehead atoms. The number of primary amides is 1. The third-order valence-corrected chi connectivity index (χ3v) is 20.9. The van der Waals surface area contributed by atoms with Crippen molar-refractivity contribution < 1.29 is 91.7 Å². The Balaban J connectivity index is 1.78. The molecule has 1 aromatic rings. The molecule has 0 spiro atoms. The Morgan fingerprint density at radius 3 is 1.59 bits per heavy atom. The molecule has 41 nitrogen and oxygen atoms in total. The molecule has 2 saturated heterocycles. The summed E-state index contributed by atoms with van der Waals surface area (Å²) in [6.45, 7) is 10.7. The second-order valence-electron chi connectivity index (χ2n) is 30.7. The number of unbranched alkanes of at least 4 members (excludes halogenated alkanes) is 2. The number of carbonyl (C=O) groups is 17.